The summed E-state index contributed by atoms with van der Waals surface area (Å²) in [6.07, 6.45) is -0.193. The van der Waals surface area contributed by atoms with E-state index in [1.54, 1.807) is 21.0 Å². The number of esters is 1. The summed E-state index contributed by atoms with van der Waals surface area (Å²) in [5, 5.41) is -0.366. The highest BCUT2D eigenvalue weighted by atomic mass is 32.1. The zero-order chi connectivity index (χ0) is 8.85. The van der Waals surface area contributed by atoms with Crippen LogP contribution in [0, 0.1) is 0 Å². The molecule has 0 saturated heterocycles. The molecule has 66 valence electrons. The van der Waals surface area contributed by atoms with E-state index in [1.807, 2.05) is 0 Å². The fourth-order valence-electron chi connectivity index (χ4n) is 0.565. The number of carbonyl (C=O) groups excluding carboxylic acids is 1. The van der Waals surface area contributed by atoms with Gasteiger partial charge in [-0.15, -0.1) is 0 Å². The average Bonchev–Trinajstić information content (AvgIpc) is 1.87. The maximum absolute atomic E-state index is 10.9. The Morgan fingerprint density at radius 2 is 2.09 bits per heavy atom. The predicted octanol–water partition coefficient (Wildman–Crippen LogP) is 0.883. The lowest BCUT2D eigenvalue weighted by Gasteiger charge is -2.12. The van der Waals surface area contributed by atoms with Crippen molar-refractivity contribution in [1.29, 1.82) is 0 Å². The van der Waals surface area contributed by atoms with Gasteiger partial charge in [0.15, 0.2) is 0 Å². The number of methoxy groups -OCH3 is 1. The van der Waals surface area contributed by atoms with Gasteiger partial charge >= 0.3 is 5.97 Å². The van der Waals surface area contributed by atoms with E-state index < -0.39 is 0 Å². The third kappa shape index (κ3) is 5.09. The van der Waals surface area contributed by atoms with E-state index in [2.05, 4.69) is 12.6 Å². The van der Waals surface area contributed by atoms with E-state index >= 15 is 0 Å². The third-order valence-corrected chi connectivity index (χ3v) is 1.27. The van der Waals surface area contributed by atoms with Gasteiger partial charge in [0.05, 0.1) is 11.9 Å². The lowest BCUT2D eigenvalue weighted by Crippen LogP contribution is -2.24. The van der Waals surface area contributed by atoms with Crippen molar-refractivity contribution in [3.8, 4) is 0 Å². The molecule has 0 aromatic rings. The number of hydrogen-bond acceptors (Lipinski definition) is 4. The normalized spacial score (nSPS) is 15.6. The van der Waals surface area contributed by atoms with E-state index in [4.69, 9.17) is 9.47 Å². The van der Waals surface area contributed by atoms with E-state index in [1.165, 1.54) is 0 Å². The summed E-state index contributed by atoms with van der Waals surface area (Å²) in [7, 11) is 1.56. The van der Waals surface area contributed by atoms with Crippen molar-refractivity contribution in [1.82, 2.24) is 0 Å². The zero-order valence-corrected chi connectivity index (χ0v) is 7.93. The molecule has 4 heteroatoms. The molecular formula is C7H14O3S. The molecule has 2 unspecified atom stereocenters. The van der Waals surface area contributed by atoms with Gasteiger partial charge in [0.25, 0.3) is 0 Å². The molecular weight excluding hydrogens is 164 g/mol. The Morgan fingerprint density at radius 1 is 1.55 bits per heavy atom. The first-order chi connectivity index (χ1) is 5.07. The van der Waals surface area contributed by atoms with E-state index in [9.17, 15) is 4.79 Å². The average molecular weight is 178 g/mol. The van der Waals surface area contributed by atoms with Crippen molar-refractivity contribution in [2.75, 3.05) is 13.7 Å². The van der Waals surface area contributed by atoms with Crippen molar-refractivity contribution in [3.05, 3.63) is 0 Å². The maximum atomic E-state index is 10.9. The minimum atomic E-state index is -0.366. The molecule has 11 heavy (non-hydrogen) atoms. The zero-order valence-electron chi connectivity index (χ0n) is 7.03. The highest BCUT2D eigenvalue weighted by Gasteiger charge is 2.12. The Balaban J connectivity index is 3.57. The number of carbonyl (C=O) groups is 1. The second-order valence-electron chi connectivity index (χ2n) is 2.38. The van der Waals surface area contributed by atoms with Gasteiger partial charge in [0, 0.05) is 7.11 Å². The van der Waals surface area contributed by atoms with Crippen molar-refractivity contribution < 1.29 is 14.3 Å². The second kappa shape index (κ2) is 5.43. The first kappa shape index (κ1) is 10.8. The molecule has 0 aromatic heterocycles. The van der Waals surface area contributed by atoms with Gasteiger partial charge < -0.3 is 9.47 Å². The molecule has 0 rings (SSSR count). The van der Waals surface area contributed by atoms with Gasteiger partial charge in [0.2, 0.25) is 0 Å². The van der Waals surface area contributed by atoms with Crippen molar-refractivity contribution in [2.45, 2.75) is 25.2 Å². The lowest BCUT2D eigenvalue weighted by molar-refractivity contribution is -0.149. The standard InChI is InChI=1S/C7H14O3S/c1-5(4-9-3)10-7(8)6(2)11/h5-6,11H,4H2,1-3H3. The molecule has 0 saturated carbocycles. The summed E-state index contributed by atoms with van der Waals surface area (Å²) >= 11 is 3.92. The van der Waals surface area contributed by atoms with Crippen LogP contribution in [0.5, 0.6) is 0 Å². The number of hydrogen-bond donors (Lipinski definition) is 1. The molecule has 3 nitrogen and oxygen atoms in total. The predicted molar refractivity (Wildman–Crippen MR) is 45.9 cm³/mol. The summed E-state index contributed by atoms with van der Waals surface area (Å²) in [5.74, 6) is -0.308. The van der Waals surface area contributed by atoms with Gasteiger partial charge in [-0.25, -0.2) is 0 Å². The number of ether oxygens (including phenoxy) is 2. The molecule has 0 heterocycles. The summed E-state index contributed by atoms with van der Waals surface area (Å²) in [4.78, 5) is 10.9. The van der Waals surface area contributed by atoms with Crippen molar-refractivity contribution >= 4 is 18.6 Å². The van der Waals surface area contributed by atoms with E-state index in [0.717, 1.165) is 0 Å². The van der Waals surface area contributed by atoms with Crippen LogP contribution in [0.3, 0.4) is 0 Å². The Morgan fingerprint density at radius 3 is 2.45 bits per heavy atom. The van der Waals surface area contributed by atoms with Crippen LogP contribution < -0.4 is 0 Å². The molecule has 0 amide bonds. The third-order valence-electron chi connectivity index (χ3n) is 1.06. The van der Waals surface area contributed by atoms with Crippen LogP contribution in [-0.4, -0.2) is 31.0 Å². The minimum Gasteiger partial charge on any atom is -0.459 e. The van der Waals surface area contributed by atoms with Crippen molar-refractivity contribution in [3.63, 3.8) is 0 Å². The molecule has 0 aliphatic heterocycles. The van der Waals surface area contributed by atoms with E-state index in [-0.39, 0.29) is 17.3 Å². The van der Waals surface area contributed by atoms with Crippen LogP contribution in [0.2, 0.25) is 0 Å². The summed E-state index contributed by atoms with van der Waals surface area (Å²) in [6.45, 7) is 3.87. The molecule has 2 atom stereocenters. The highest BCUT2D eigenvalue weighted by Crippen LogP contribution is 2.00. The van der Waals surface area contributed by atoms with Crippen LogP contribution >= 0.6 is 12.6 Å². The van der Waals surface area contributed by atoms with Crippen LogP contribution in [0.25, 0.3) is 0 Å². The summed E-state index contributed by atoms with van der Waals surface area (Å²) in [5.41, 5.74) is 0. The number of thiol groups is 1. The topological polar surface area (TPSA) is 35.5 Å². The van der Waals surface area contributed by atoms with Gasteiger partial charge in [-0.1, -0.05) is 0 Å². The summed E-state index contributed by atoms with van der Waals surface area (Å²) in [6, 6.07) is 0. The molecule has 0 fully saturated rings. The Kier molecular flexibility index (Phi) is 5.32. The SMILES string of the molecule is COCC(C)OC(=O)C(C)S. The summed E-state index contributed by atoms with van der Waals surface area (Å²) < 4.78 is 9.69. The molecule has 0 bridgehead atoms. The molecule has 0 N–H and O–H groups in total. The second-order valence-corrected chi connectivity index (χ2v) is 3.15. The van der Waals surface area contributed by atoms with E-state index in [0.29, 0.717) is 6.61 Å². The smallest absolute Gasteiger partial charge is 0.318 e. The van der Waals surface area contributed by atoms with Gasteiger partial charge in [0.1, 0.15) is 6.10 Å². The monoisotopic (exact) mass is 178 g/mol. The fourth-order valence-corrected chi connectivity index (χ4v) is 0.626. The Hall–Kier alpha value is -0.220. The first-order valence-corrected chi connectivity index (χ1v) is 3.97. The Bertz CT molecular complexity index is 125. The van der Waals surface area contributed by atoms with Crippen LogP contribution in [0.15, 0.2) is 0 Å². The molecule has 0 aliphatic carbocycles. The van der Waals surface area contributed by atoms with Gasteiger partial charge in [-0.05, 0) is 13.8 Å². The molecule has 0 spiro atoms. The van der Waals surface area contributed by atoms with Gasteiger partial charge in [-0.3, -0.25) is 4.79 Å². The molecule has 0 aromatic carbocycles. The van der Waals surface area contributed by atoms with Gasteiger partial charge in [-0.2, -0.15) is 12.6 Å². The number of rotatable bonds is 4. The Labute approximate surface area is 72.5 Å². The first-order valence-electron chi connectivity index (χ1n) is 3.45. The van der Waals surface area contributed by atoms with Crippen LogP contribution in [0.4, 0.5) is 0 Å². The quantitative estimate of drug-likeness (QED) is 0.513. The van der Waals surface area contributed by atoms with Crippen molar-refractivity contribution in [2.24, 2.45) is 0 Å². The maximum Gasteiger partial charge on any atom is 0.318 e. The molecule has 0 radical (unpaired) electrons. The largest absolute Gasteiger partial charge is 0.459 e. The van der Waals surface area contributed by atoms with Crippen LogP contribution in [0.1, 0.15) is 13.8 Å². The highest BCUT2D eigenvalue weighted by molar-refractivity contribution is 7.81. The lowest BCUT2D eigenvalue weighted by atomic mass is 10.4. The minimum absolute atomic E-state index is 0.193. The van der Waals surface area contributed by atoms with Crippen LogP contribution in [-0.2, 0) is 14.3 Å². The molecule has 0 aliphatic rings. The fraction of sp³-hybridized carbons (Fsp3) is 0.857.